The molecule has 0 aliphatic heterocycles. The molecule has 0 radical (unpaired) electrons. The summed E-state index contributed by atoms with van der Waals surface area (Å²) in [6.45, 7) is 4.39. The molecule has 1 unspecified atom stereocenters. The second kappa shape index (κ2) is 5.12. The van der Waals surface area contributed by atoms with Crippen molar-refractivity contribution in [2.24, 2.45) is 11.3 Å². The lowest BCUT2D eigenvalue weighted by molar-refractivity contribution is 0.00794. The molecule has 0 heterocycles. The van der Waals surface area contributed by atoms with Gasteiger partial charge in [-0.25, -0.2) is 0 Å². The first-order chi connectivity index (χ1) is 8.57. The molecule has 1 aliphatic carbocycles. The lowest BCUT2D eigenvalue weighted by Gasteiger charge is -2.39. The average molecular weight is 243 g/mol. The van der Waals surface area contributed by atoms with E-state index in [9.17, 15) is 10.4 Å². The normalized spacial score (nSPS) is 19.1. The van der Waals surface area contributed by atoms with Gasteiger partial charge in [0.25, 0.3) is 0 Å². The van der Waals surface area contributed by atoms with Crippen LogP contribution in [0.25, 0.3) is 0 Å². The highest BCUT2D eigenvalue weighted by Gasteiger charge is 2.44. The number of aliphatic hydroxyl groups excluding tert-OH is 1. The molecular formula is C16H21NO. The highest BCUT2D eigenvalue weighted by atomic mass is 16.3. The van der Waals surface area contributed by atoms with E-state index in [1.807, 2.05) is 12.1 Å². The molecule has 1 atom stereocenters. The topological polar surface area (TPSA) is 44.0 Å². The standard InChI is InChI=1S/C16H21NO/c1-12(2)10-13-4-6-14(7-5-13)15(18)16(11-17)8-3-9-16/h4-7,12,15,18H,3,8-10H2,1-2H3. The van der Waals surface area contributed by atoms with Crippen LogP contribution in [0, 0.1) is 22.7 Å². The number of hydrogen-bond donors (Lipinski definition) is 1. The van der Waals surface area contributed by atoms with Crippen LogP contribution >= 0.6 is 0 Å². The number of rotatable bonds is 4. The molecule has 0 bridgehead atoms. The van der Waals surface area contributed by atoms with Gasteiger partial charge in [0.2, 0.25) is 0 Å². The Morgan fingerprint density at radius 1 is 1.28 bits per heavy atom. The van der Waals surface area contributed by atoms with Gasteiger partial charge >= 0.3 is 0 Å². The van der Waals surface area contributed by atoms with Crippen molar-refractivity contribution in [1.82, 2.24) is 0 Å². The minimum Gasteiger partial charge on any atom is -0.387 e. The van der Waals surface area contributed by atoms with Gasteiger partial charge in [-0.1, -0.05) is 44.5 Å². The summed E-state index contributed by atoms with van der Waals surface area (Å²) in [5.41, 5.74) is 1.64. The van der Waals surface area contributed by atoms with Gasteiger partial charge in [-0.2, -0.15) is 5.26 Å². The van der Waals surface area contributed by atoms with E-state index in [0.717, 1.165) is 31.2 Å². The largest absolute Gasteiger partial charge is 0.387 e. The Balaban J connectivity index is 2.12. The molecule has 0 spiro atoms. The van der Waals surface area contributed by atoms with Gasteiger partial charge in [-0.05, 0) is 36.3 Å². The zero-order valence-electron chi connectivity index (χ0n) is 11.2. The Morgan fingerprint density at radius 3 is 2.28 bits per heavy atom. The summed E-state index contributed by atoms with van der Waals surface area (Å²) < 4.78 is 0. The molecule has 2 rings (SSSR count). The molecule has 18 heavy (non-hydrogen) atoms. The van der Waals surface area contributed by atoms with E-state index in [0.29, 0.717) is 5.92 Å². The van der Waals surface area contributed by atoms with Gasteiger partial charge in [0, 0.05) is 0 Å². The molecule has 1 saturated carbocycles. The van der Waals surface area contributed by atoms with Crippen LogP contribution in [0.15, 0.2) is 24.3 Å². The van der Waals surface area contributed by atoms with E-state index in [-0.39, 0.29) is 0 Å². The van der Waals surface area contributed by atoms with Crippen LogP contribution in [0.4, 0.5) is 0 Å². The van der Waals surface area contributed by atoms with E-state index in [1.54, 1.807) is 0 Å². The predicted molar refractivity (Wildman–Crippen MR) is 71.8 cm³/mol. The van der Waals surface area contributed by atoms with Crippen molar-refractivity contribution in [1.29, 1.82) is 5.26 Å². The summed E-state index contributed by atoms with van der Waals surface area (Å²) in [5, 5.41) is 19.6. The van der Waals surface area contributed by atoms with Gasteiger partial charge in [0.05, 0.1) is 17.6 Å². The van der Waals surface area contributed by atoms with Crippen molar-refractivity contribution in [2.75, 3.05) is 0 Å². The average Bonchev–Trinajstić information content (AvgIpc) is 2.28. The molecule has 0 saturated heterocycles. The molecule has 1 aromatic carbocycles. The minimum atomic E-state index is -0.635. The monoisotopic (exact) mass is 243 g/mol. The van der Waals surface area contributed by atoms with E-state index in [4.69, 9.17) is 0 Å². The quantitative estimate of drug-likeness (QED) is 0.877. The summed E-state index contributed by atoms with van der Waals surface area (Å²) in [6, 6.07) is 10.4. The fourth-order valence-electron chi connectivity index (χ4n) is 2.63. The summed E-state index contributed by atoms with van der Waals surface area (Å²) in [4.78, 5) is 0. The van der Waals surface area contributed by atoms with E-state index in [2.05, 4.69) is 32.0 Å². The SMILES string of the molecule is CC(C)Cc1ccc(C(O)C2(C#N)CCC2)cc1. The van der Waals surface area contributed by atoms with Crippen molar-refractivity contribution in [2.45, 2.75) is 45.6 Å². The third-order valence-corrected chi connectivity index (χ3v) is 3.93. The van der Waals surface area contributed by atoms with E-state index in [1.165, 1.54) is 5.56 Å². The second-order valence-electron chi connectivity index (χ2n) is 5.86. The molecule has 2 nitrogen and oxygen atoms in total. The number of hydrogen-bond acceptors (Lipinski definition) is 2. The minimum absolute atomic E-state index is 0.528. The summed E-state index contributed by atoms with van der Waals surface area (Å²) in [6.07, 6.45) is 3.11. The first kappa shape index (κ1) is 13.1. The van der Waals surface area contributed by atoms with Crippen molar-refractivity contribution in [3.63, 3.8) is 0 Å². The first-order valence-electron chi connectivity index (χ1n) is 6.75. The van der Waals surface area contributed by atoms with Crippen LogP contribution < -0.4 is 0 Å². The van der Waals surface area contributed by atoms with E-state index >= 15 is 0 Å². The fraction of sp³-hybridized carbons (Fsp3) is 0.562. The van der Waals surface area contributed by atoms with E-state index < -0.39 is 11.5 Å². The molecule has 0 amide bonds. The Labute approximate surface area is 109 Å². The van der Waals surface area contributed by atoms with Crippen LogP contribution in [0.1, 0.15) is 50.3 Å². The molecule has 96 valence electrons. The van der Waals surface area contributed by atoms with Crippen LogP contribution in [-0.2, 0) is 6.42 Å². The van der Waals surface area contributed by atoms with Crippen molar-refractivity contribution >= 4 is 0 Å². The second-order valence-corrected chi connectivity index (χ2v) is 5.86. The highest BCUT2D eigenvalue weighted by molar-refractivity contribution is 5.28. The Morgan fingerprint density at radius 2 is 1.89 bits per heavy atom. The molecule has 1 N–H and O–H groups in total. The number of aliphatic hydroxyl groups is 1. The van der Waals surface area contributed by atoms with Crippen LogP contribution in [0.3, 0.4) is 0 Å². The number of nitrogens with zero attached hydrogens (tertiary/aromatic N) is 1. The fourth-order valence-corrected chi connectivity index (χ4v) is 2.63. The summed E-state index contributed by atoms with van der Waals surface area (Å²) in [7, 11) is 0. The van der Waals surface area contributed by atoms with Crippen LogP contribution in [0.5, 0.6) is 0 Å². The van der Waals surface area contributed by atoms with Gasteiger partial charge in [0.15, 0.2) is 0 Å². The predicted octanol–water partition coefficient (Wildman–Crippen LogP) is 3.61. The third-order valence-electron chi connectivity index (χ3n) is 3.93. The smallest absolute Gasteiger partial charge is 0.0976 e. The van der Waals surface area contributed by atoms with Crippen molar-refractivity contribution in [3.05, 3.63) is 35.4 Å². The van der Waals surface area contributed by atoms with Gasteiger partial charge < -0.3 is 5.11 Å². The number of nitriles is 1. The molecule has 2 heteroatoms. The molecule has 1 aromatic rings. The van der Waals surface area contributed by atoms with Crippen LogP contribution in [-0.4, -0.2) is 5.11 Å². The zero-order chi connectivity index (χ0) is 13.2. The zero-order valence-corrected chi connectivity index (χ0v) is 11.2. The Bertz CT molecular complexity index is 437. The van der Waals surface area contributed by atoms with Crippen LogP contribution in [0.2, 0.25) is 0 Å². The summed E-state index contributed by atoms with van der Waals surface area (Å²) in [5.74, 6) is 0.637. The van der Waals surface area contributed by atoms with Gasteiger partial charge in [0.1, 0.15) is 0 Å². The molecule has 1 aliphatic rings. The molecule has 1 fully saturated rings. The lowest BCUT2D eigenvalue weighted by Crippen LogP contribution is -2.34. The van der Waals surface area contributed by atoms with Gasteiger partial charge in [-0.15, -0.1) is 0 Å². The maximum absolute atomic E-state index is 10.3. The Kier molecular flexibility index (Phi) is 3.73. The van der Waals surface area contributed by atoms with Crippen molar-refractivity contribution in [3.8, 4) is 6.07 Å². The molecule has 0 aromatic heterocycles. The first-order valence-corrected chi connectivity index (χ1v) is 6.75. The molecular weight excluding hydrogens is 222 g/mol. The maximum atomic E-state index is 10.3. The summed E-state index contributed by atoms with van der Waals surface area (Å²) >= 11 is 0. The Hall–Kier alpha value is -1.33. The lowest BCUT2D eigenvalue weighted by atomic mass is 9.64. The maximum Gasteiger partial charge on any atom is 0.0976 e. The van der Waals surface area contributed by atoms with Crippen molar-refractivity contribution < 1.29 is 5.11 Å². The third kappa shape index (κ3) is 2.42. The highest BCUT2D eigenvalue weighted by Crippen LogP contribution is 2.49. The van der Waals surface area contributed by atoms with Gasteiger partial charge in [-0.3, -0.25) is 0 Å². The number of benzene rings is 1.